The molecule has 92 valence electrons. The number of carboxylic acid groups (broad SMARTS) is 1. The summed E-state index contributed by atoms with van der Waals surface area (Å²) in [6, 6.07) is -0.277. The van der Waals surface area contributed by atoms with Gasteiger partial charge in [-0.1, -0.05) is 20.3 Å². The van der Waals surface area contributed by atoms with Crippen LogP contribution in [0.5, 0.6) is 0 Å². The molecule has 0 unspecified atom stereocenters. The normalized spacial score (nSPS) is 17.7. The first-order valence-electron chi connectivity index (χ1n) is 5.71. The predicted molar refractivity (Wildman–Crippen MR) is 60.2 cm³/mol. The Morgan fingerprint density at radius 1 is 1.31 bits per heavy atom. The van der Waals surface area contributed by atoms with Crippen LogP contribution in [0.4, 0.5) is 4.79 Å². The highest BCUT2D eigenvalue weighted by molar-refractivity contribution is 5.78. The number of amides is 2. The van der Waals surface area contributed by atoms with Crippen molar-refractivity contribution in [3.8, 4) is 0 Å². The molecule has 1 aliphatic rings. The molecule has 0 aliphatic heterocycles. The molecule has 0 aromatic rings. The van der Waals surface area contributed by atoms with Crippen LogP contribution in [0.15, 0.2) is 0 Å². The second-order valence-electron chi connectivity index (χ2n) is 4.90. The van der Waals surface area contributed by atoms with Crippen molar-refractivity contribution < 1.29 is 14.7 Å². The van der Waals surface area contributed by atoms with E-state index in [1.807, 2.05) is 13.8 Å². The molecular weight excluding hydrogens is 208 g/mol. The molecule has 5 heteroatoms. The van der Waals surface area contributed by atoms with Crippen LogP contribution in [0.3, 0.4) is 0 Å². The van der Waals surface area contributed by atoms with Crippen LogP contribution < -0.4 is 10.6 Å². The lowest BCUT2D eigenvalue weighted by molar-refractivity contribution is -0.153. The number of aliphatic carboxylic acids is 1. The van der Waals surface area contributed by atoms with Crippen molar-refractivity contribution in [2.45, 2.75) is 33.1 Å². The number of carbonyl (C=O) groups excluding carboxylic acids is 1. The van der Waals surface area contributed by atoms with Crippen LogP contribution in [0.2, 0.25) is 0 Å². The summed E-state index contributed by atoms with van der Waals surface area (Å²) in [5, 5.41) is 14.4. The summed E-state index contributed by atoms with van der Waals surface area (Å²) in [5.74, 6) is -0.411. The minimum Gasteiger partial charge on any atom is -0.481 e. The summed E-state index contributed by atoms with van der Waals surface area (Å²) in [6.07, 6.45) is 2.25. The second kappa shape index (κ2) is 5.18. The fraction of sp³-hybridized carbons (Fsp3) is 0.818. The molecular formula is C11H20N2O3. The summed E-state index contributed by atoms with van der Waals surface area (Å²) in [6.45, 7) is 4.84. The predicted octanol–water partition coefficient (Wildman–Crippen LogP) is 1.20. The highest BCUT2D eigenvalue weighted by Crippen LogP contribution is 2.40. The van der Waals surface area contributed by atoms with E-state index in [0.29, 0.717) is 25.3 Å². The van der Waals surface area contributed by atoms with Gasteiger partial charge >= 0.3 is 12.0 Å². The minimum atomic E-state index is -0.803. The molecule has 0 aromatic carbocycles. The fourth-order valence-corrected chi connectivity index (χ4v) is 1.68. The summed E-state index contributed by atoms with van der Waals surface area (Å²) < 4.78 is 0. The van der Waals surface area contributed by atoms with Gasteiger partial charge in [0.25, 0.3) is 0 Å². The number of carboxylic acids is 1. The number of urea groups is 1. The van der Waals surface area contributed by atoms with Gasteiger partial charge in [-0.15, -0.1) is 0 Å². The summed E-state index contributed by atoms with van der Waals surface area (Å²) in [5.41, 5.74) is -0.713. The van der Waals surface area contributed by atoms with Crippen LogP contribution in [0.25, 0.3) is 0 Å². The van der Waals surface area contributed by atoms with Gasteiger partial charge in [0.15, 0.2) is 0 Å². The van der Waals surface area contributed by atoms with Crippen molar-refractivity contribution in [1.82, 2.24) is 10.6 Å². The maximum absolute atomic E-state index is 11.3. The molecule has 1 fully saturated rings. The van der Waals surface area contributed by atoms with Crippen molar-refractivity contribution in [3.05, 3.63) is 0 Å². The topological polar surface area (TPSA) is 78.4 Å². The Bertz CT molecular complexity index is 272. The van der Waals surface area contributed by atoms with E-state index in [4.69, 9.17) is 5.11 Å². The van der Waals surface area contributed by atoms with Gasteiger partial charge in [0.1, 0.15) is 0 Å². The Morgan fingerprint density at radius 2 is 1.94 bits per heavy atom. The smallest absolute Gasteiger partial charge is 0.314 e. The quantitative estimate of drug-likeness (QED) is 0.661. The molecule has 2 amide bonds. The first kappa shape index (κ1) is 12.8. The van der Waals surface area contributed by atoms with Gasteiger partial charge in [0.2, 0.25) is 0 Å². The Kier molecular flexibility index (Phi) is 4.15. The molecule has 1 rings (SSSR count). The molecule has 0 spiro atoms. The van der Waals surface area contributed by atoms with Gasteiger partial charge in [-0.2, -0.15) is 0 Å². The maximum atomic E-state index is 11.3. The molecule has 0 heterocycles. The van der Waals surface area contributed by atoms with Crippen molar-refractivity contribution in [2.75, 3.05) is 13.1 Å². The third-order valence-electron chi connectivity index (χ3n) is 3.02. The first-order valence-corrected chi connectivity index (χ1v) is 5.71. The third-order valence-corrected chi connectivity index (χ3v) is 3.02. The summed E-state index contributed by atoms with van der Waals surface area (Å²) in [7, 11) is 0. The van der Waals surface area contributed by atoms with Crippen molar-refractivity contribution >= 4 is 12.0 Å². The fourth-order valence-electron chi connectivity index (χ4n) is 1.68. The largest absolute Gasteiger partial charge is 0.481 e. The SMILES string of the molecule is CC(C)CNC(=O)NCC1(C(=O)O)CCC1. The maximum Gasteiger partial charge on any atom is 0.314 e. The monoisotopic (exact) mass is 228 g/mol. The van der Waals surface area contributed by atoms with Gasteiger partial charge in [-0.3, -0.25) is 4.79 Å². The van der Waals surface area contributed by atoms with Gasteiger partial charge in [-0.25, -0.2) is 4.79 Å². The molecule has 0 atom stereocenters. The van der Waals surface area contributed by atoms with Crippen molar-refractivity contribution in [2.24, 2.45) is 11.3 Å². The van der Waals surface area contributed by atoms with E-state index in [0.717, 1.165) is 6.42 Å². The Morgan fingerprint density at radius 3 is 2.31 bits per heavy atom. The lowest BCUT2D eigenvalue weighted by atomic mass is 9.69. The Hall–Kier alpha value is -1.26. The zero-order valence-corrected chi connectivity index (χ0v) is 9.88. The number of nitrogens with one attached hydrogen (secondary N) is 2. The molecule has 1 aliphatic carbocycles. The molecule has 0 aromatic heterocycles. The van der Waals surface area contributed by atoms with Crippen molar-refractivity contribution in [1.29, 1.82) is 0 Å². The van der Waals surface area contributed by atoms with E-state index in [1.54, 1.807) is 0 Å². The lowest BCUT2D eigenvalue weighted by Gasteiger charge is -2.37. The van der Waals surface area contributed by atoms with Crippen LogP contribution in [-0.4, -0.2) is 30.2 Å². The van der Waals surface area contributed by atoms with E-state index in [2.05, 4.69) is 10.6 Å². The van der Waals surface area contributed by atoms with Crippen molar-refractivity contribution in [3.63, 3.8) is 0 Å². The molecule has 1 saturated carbocycles. The van der Waals surface area contributed by atoms with Crippen LogP contribution in [0, 0.1) is 11.3 Å². The number of carbonyl (C=O) groups is 2. The number of hydrogen-bond donors (Lipinski definition) is 3. The second-order valence-corrected chi connectivity index (χ2v) is 4.90. The molecule has 16 heavy (non-hydrogen) atoms. The zero-order valence-electron chi connectivity index (χ0n) is 9.88. The van der Waals surface area contributed by atoms with Gasteiger partial charge in [-0.05, 0) is 18.8 Å². The third kappa shape index (κ3) is 3.12. The van der Waals surface area contributed by atoms with Crippen LogP contribution in [0.1, 0.15) is 33.1 Å². The van der Waals surface area contributed by atoms with E-state index < -0.39 is 11.4 Å². The molecule has 0 bridgehead atoms. The first-order chi connectivity index (χ1) is 7.46. The standard InChI is InChI=1S/C11H20N2O3/c1-8(2)6-12-10(16)13-7-11(9(14)15)4-3-5-11/h8H,3-7H2,1-2H3,(H,14,15)(H2,12,13,16). The molecule has 0 saturated heterocycles. The zero-order chi connectivity index (χ0) is 12.2. The average molecular weight is 228 g/mol. The Labute approximate surface area is 95.6 Å². The van der Waals surface area contributed by atoms with Crippen LogP contribution >= 0.6 is 0 Å². The lowest BCUT2D eigenvalue weighted by Crippen LogP contribution is -2.50. The molecule has 0 radical (unpaired) electrons. The van der Waals surface area contributed by atoms with E-state index in [-0.39, 0.29) is 12.6 Å². The average Bonchev–Trinajstić information content (AvgIpc) is 2.12. The van der Waals surface area contributed by atoms with Gasteiger partial charge < -0.3 is 15.7 Å². The number of rotatable bonds is 5. The van der Waals surface area contributed by atoms with Gasteiger partial charge in [0.05, 0.1) is 5.41 Å². The summed E-state index contributed by atoms with van der Waals surface area (Å²) in [4.78, 5) is 22.4. The highest BCUT2D eigenvalue weighted by Gasteiger charge is 2.44. The van der Waals surface area contributed by atoms with E-state index in [9.17, 15) is 9.59 Å². The highest BCUT2D eigenvalue weighted by atomic mass is 16.4. The minimum absolute atomic E-state index is 0.228. The van der Waals surface area contributed by atoms with E-state index in [1.165, 1.54) is 0 Å². The van der Waals surface area contributed by atoms with Crippen LogP contribution in [-0.2, 0) is 4.79 Å². The van der Waals surface area contributed by atoms with E-state index >= 15 is 0 Å². The number of hydrogen-bond acceptors (Lipinski definition) is 2. The van der Waals surface area contributed by atoms with Gasteiger partial charge in [0, 0.05) is 13.1 Å². The molecule has 5 nitrogen and oxygen atoms in total. The molecule has 3 N–H and O–H groups in total. The summed E-state index contributed by atoms with van der Waals surface area (Å²) >= 11 is 0. The Balaban J connectivity index is 2.28.